The fraction of sp³-hybridized carbons (Fsp3) is 1.00. The van der Waals surface area contributed by atoms with Crippen LogP contribution >= 0.6 is 0 Å². The molecule has 6 atom stereocenters. The second-order valence-corrected chi connectivity index (χ2v) is 3.21. The number of hydrogen-bond acceptors (Lipinski definition) is 7. The number of hydrogen-bond donors (Lipinski definition) is 6. The lowest BCUT2D eigenvalue weighted by atomic mass is 9.96. The van der Waals surface area contributed by atoms with E-state index in [1.807, 2.05) is 0 Å². The van der Waals surface area contributed by atoms with Gasteiger partial charge in [-0.15, -0.1) is 0 Å². The Labute approximate surface area is 79.8 Å². The van der Waals surface area contributed by atoms with E-state index in [9.17, 15) is 10.2 Å². The van der Waals surface area contributed by atoms with Crippen molar-refractivity contribution in [3.63, 3.8) is 0 Å². The normalized spacial score (nSPS) is 46.3. The molecule has 0 bridgehead atoms. The molecule has 0 aliphatic carbocycles. The zero-order chi connectivity index (χ0) is 10.9. The van der Waals surface area contributed by atoms with Gasteiger partial charge in [0.1, 0.15) is 30.5 Å². The van der Waals surface area contributed by atoms with Gasteiger partial charge in [0.25, 0.3) is 0 Å². The average molecular weight is 210 g/mol. The van der Waals surface area contributed by atoms with Crippen molar-refractivity contribution < 1.29 is 35.4 Å². The molecular formula is C7H14O7. The Morgan fingerprint density at radius 3 is 2.07 bits per heavy atom. The summed E-state index contributed by atoms with van der Waals surface area (Å²) in [5.74, 6) is 0. The highest BCUT2D eigenvalue weighted by molar-refractivity contribution is 4.91. The third kappa shape index (κ3) is 2.04. The van der Waals surface area contributed by atoms with Crippen LogP contribution in [0.2, 0.25) is 0 Å². The summed E-state index contributed by atoms with van der Waals surface area (Å²) < 4.78 is 4.62. The Kier molecular flexibility index (Phi) is 3.78. The van der Waals surface area contributed by atoms with Crippen LogP contribution in [0.5, 0.6) is 0 Å². The summed E-state index contributed by atoms with van der Waals surface area (Å²) in [6.45, 7) is -0.683. The molecule has 7 heteroatoms. The van der Waals surface area contributed by atoms with Crippen LogP contribution in [-0.4, -0.2) is 74.1 Å². The molecule has 14 heavy (non-hydrogen) atoms. The van der Waals surface area contributed by atoms with Gasteiger partial charge in [-0.1, -0.05) is 0 Å². The zero-order valence-electron chi connectivity index (χ0n) is 7.26. The lowest BCUT2D eigenvalue weighted by molar-refractivity contribution is -0.298. The molecule has 0 aromatic heterocycles. The van der Waals surface area contributed by atoms with E-state index in [1.54, 1.807) is 0 Å². The molecule has 1 fully saturated rings. The minimum Gasteiger partial charge on any atom is -0.394 e. The maximum atomic E-state index is 9.31. The van der Waals surface area contributed by atoms with Gasteiger partial charge in [0.2, 0.25) is 0 Å². The van der Waals surface area contributed by atoms with Gasteiger partial charge >= 0.3 is 0 Å². The third-order valence-electron chi connectivity index (χ3n) is 2.19. The minimum absolute atomic E-state index is 0.683. The summed E-state index contributed by atoms with van der Waals surface area (Å²) in [6, 6.07) is 0. The second kappa shape index (κ2) is 4.49. The monoisotopic (exact) mass is 210 g/mol. The van der Waals surface area contributed by atoms with Crippen molar-refractivity contribution >= 4 is 0 Å². The van der Waals surface area contributed by atoms with Crippen molar-refractivity contribution in [3.05, 3.63) is 0 Å². The Bertz CT molecular complexity index is 187. The molecule has 1 aliphatic rings. The van der Waals surface area contributed by atoms with Gasteiger partial charge in [0.15, 0.2) is 6.29 Å². The van der Waals surface area contributed by atoms with Crippen LogP contribution in [0, 0.1) is 0 Å². The van der Waals surface area contributed by atoms with Crippen LogP contribution in [0.25, 0.3) is 0 Å². The highest BCUT2D eigenvalue weighted by atomic mass is 16.6. The minimum atomic E-state index is -1.69. The lowest BCUT2D eigenvalue weighted by Crippen LogP contribution is -2.61. The molecule has 7 nitrogen and oxygen atoms in total. The number of ether oxygens (including phenoxy) is 1. The maximum absolute atomic E-state index is 9.31. The van der Waals surface area contributed by atoms with Gasteiger partial charge in [-0.3, -0.25) is 0 Å². The van der Waals surface area contributed by atoms with Gasteiger partial charge in [0.05, 0.1) is 6.61 Å². The summed E-state index contributed by atoms with van der Waals surface area (Å²) in [5.41, 5.74) is 0. The number of rotatable bonds is 2. The van der Waals surface area contributed by atoms with E-state index < -0.39 is 43.4 Å². The zero-order valence-corrected chi connectivity index (χ0v) is 7.26. The first-order valence-electron chi connectivity index (χ1n) is 4.15. The van der Waals surface area contributed by atoms with Crippen molar-refractivity contribution in [1.29, 1.82) is 0 Å². The van der Waals surface area contributed by atoms with Gasteiger partial charge in [0, 0.05) is 0 Å². The predicted molar refractivity (Wildman–Crippen MR) is 42.0 cm³/mol. The first kappa shape index (κ1) is 11.8. The van der Waals surface area contributed by atoms with Crippen molar-refractivity contribution in [2.45, 2.75) is 36.8 Å². The van der Waals surface area contributed by atoms with Crippen LogP contribution < -0.4 is 0 Å². The summed E-state index contributed by atoms with van der Waals surface area (Å²) in [6.07, 6.45) is -9.26. The van der Waals surface area contributed by atoms with Gasteiger partial charge < -0.3 is 35.4 Å². The first-order valence-corrected chi connectivity index (χ1v) is 4.15. The predicted octanol–water partition coefficient (Wildman–Crippen LogP) is -3.86. The van der Waals surface area contributed by atoms with Crippen LogP contribution in [-0.2, 0) is 4.74 Å². The second-order valence-electron chi connectivity index (χ2n) is 3.21. The van der Waals surface area contributed by atoms with Crippen molar-refractivity contribution in [1.82, 2.24) is 0 Å². The summed E-state index contributed by atoms with van der Waals surface area (Å²) in [4.78, 5) is 0. The van der Waals surface area contributed by atoms with Crippen LogP contribution in [0.3, 0.4) is 0 Å². The number of aliphatic hydroxyl groups excluding tert-OH is 6. The highest BCUT2D eigenvalue weighted by Crippen LogP contribution is 2.21. The quantitative estimate of drug-likeness (QED) is 0.275. The summed E-state index contributed by atoms with van der Waals surface area (Å²) >= 11 is 0. The molecule has 84 valence electrons. The molecule has 6 N–H and O–H groups in total. The molecule has 1 aliphatic heterocycles. The molecule has 1 saturated heterocycles. The van der Waals surface area contributed by atoms with E-state index in [1.165, 1.54) is 0 Å². The van der Waals surface area contributed by atoms with Crippen molar-refractivity contribution in [2.24, 2.45) is 0 Å². The van der Waals surface area contributed by atoms with E-state index in [-0.39, 0.29) is 0 Å². The summed E-state index contributed by atoms with van der Waals surface area (Å²) in [5, 5.41) is 54.3. The molecular weight excluding hydrogens is 196 g/mol. The third-order valence-corrected chi connectivity index (χ3v) is 2.19. The molecule has 0 radical (unpaired) electrons. The van der Waals surface area contributed by atoms with E-state index >= 15 is 0 Å². The van der Waals surface area contributed by atoms with Crippen LogP contribution in [0.4, 0.5) is 0 Å². The first-order chi connectivity index (χ1) is 6.49. The van der Waals surface area contributed by atoms with Gasteiger partial charge in [-0.2, -0.15) is 0 Å². The van der Waals surface area contributed by atoms with Crippen LogP contribution in [0.1, 0.15) is 0 Å². The van der Waals surface area contributed by atoms with E-state index in [0.29, 0.717) is 0 Å². The molecule has 0 saturated carbocycles. The fourth-order valence-corrected chi connectivity index (χ4v) is 1.31. The van der Waals surface area contributed by atoms with E-state index in [4.69, 9.17) is 20.4 Å². The van der Waals surface area contributed by atoms with E-state index in [0.717, 1.165) is 0 Å². The van der Waals surface area contributed by atoms with Crippen LogP contribution in [0.15, 0.2) is 0 Å². The van der Waals surface area contributed by atoms with Crippen molar-refractivity contribution in [2.75, 3.05) is 6.61 Å². The molecule has 0 unspecified atom stereocenters. The van der Waals surface area contributed by atoms with Gasteiger partial charge in [-0.25, -0.2) is 0 Å². The topological polar surface area (TPSA) is 131 Å². The maximum Gasteiger partial charge on any atom is 0.184 e. The molecule has 0 spiro atoms. The molecule has 0 aromatic carbocycles. The molecule has 0 aromatic rings. The Balaban J connectivity index is 2.70. The SMILES string of the molecule is OC[C@H](O)[C@@H]1O[C@@H](O)[C@H](O)[C@H](O)[C@H]1O. The standard InChI is InChI=1S/C7H14O7/c8-1-2(9)6-4(11)3(10)5(12)7(13)14-6/h2-13H,1H2/t2-,3+,4+,5+,6-,7+/m0/s1. The Morgan fingerprint density at radius 1 is 1.00 bits per heavy atom. The van der Waals surface area contributed by atoms with Crippen molar-refractivity contribution in [3.8, 4) is 0 Å². The average Bonchev–Trinajstić information content (AvgIpc) is 2.19. The number of aliphatic hydroxyl groups is 6. The highest BCUT2D eigenvalue weighted by Gasteiger charge is 2.45. The Hall–Kier alpha value is -0.280. The molecule has 1 rings (SSSR count). The fourth-order valence-electron chi connectivity index (χ4n) is 1.31. The summed E-state index contributed by atoms with van der Waals surface area (Å²) in [7, 11) is 0. The lowest BCUT2D eigenvalue weighted by Gasteiger charge is -2.39. The van der Waals surface area contributed by atoms with E-state index in [2.05, 4.69) is 4.74 Å². The molecule has 1 heterocycles. The largest absolute Gasteiger partial charge is 0.394 e. The molecule has 0 amide bonds. The Morgan fingerprint density at radius 2 is 1.57 bits per heavy atom. The smallest absolute Gasteiger partial charge is 0.184 e. The van der Waals surface area contributed by atoms with Gasteiger partial charge in [-0.05, 0) is 0 Å².